The molecule has 0 aliphatic carbocycles. The summed E-state index contributed by atoms with van der Waals surface area (Å²) in [5, 5.41) is 0. The minimum absolute atomic E-state index is 0.396. The average Bonchev–Trinajstić information content (AvgIpc) is 2.12. The molecule has 0 spiro atoms. The van der Waals surface area contributed by atoms with Crippen molar-refractivity contribution in [3.8, 4) is 5.75 Å². The SMILES string of the molecule is FC(F)(F)Oc1c[c]oc1. The normalized spacial score (nSPS) is 11.5. The zero-order valence-electron chi connectivity index (χ0n) is 4.61. The molecule has 0 N–H and O–H groups in total. The predicted molar refractivity (Wildman–Crippen MR) is 24.2 cm³/mol. The molecule has 0 aliphatic rings. The van der Waals surface area contributed by atoms with Crippen LogP contribution in [0.1, 0.15) is 0 Å². The highest BCUT2D eigenvalue weighted by Crippen LogP contribution is 2.21. The summed E-state index contributed by atoms with van der Waals surface area (Å²) in [6.45, 7) is 0. The first-order valence-electron chi connectivity index (χ1n) is 2.28. The van der Waals surface area contributed by atoms with Gasteiger partial charge in [-0.25, -0.2) is 0 Å². The molecule has 1 aromatic heterocycles. The molecular weight excluding hydrogens is 149 g/mol. The Labute approximate surface area is 54.2 Å². The first-order valence-corrected chi connectivity index (χ1v) is 2.28. The standard InChI is InChI=1S/C5H2F3O2/c6-5(7,8)10-4-1-2-9-3-4/h1,3H. The van der Waals surface area contributed by atoms with Gasteiger partial charge in [-0.15, -0.1) is 13.2 Å². The average molecular weight is 151 g/mol. The molecule has 0 fully saturated rings. The van der Waals surface area contributed by atoms with Gasteiger partial charge < -0.3 is 9.15 Å². The number of furan rings is 1. The molecule has 0 bridgehead atoms. The van der Waals surface area contributed by atoms with Crippen LogP contribution in [-0.4, -0.2) is 6.36 Å². The number of ether oxygens (including phenoxy) is 1. The Hall–Kier alpha value is -1.13. The monoisotopic (exact) mass is 151 g/mol. The van der Waals surface area contributed by atoms with E-state index < -0.39 is 12.1 Å². The van der Waals surface area contributed by atoms with E-state index in [2.05, 4.69) is 15.4 Å². The third-order valence-electron chi connectivity index (χ3n) is 0.678. The Morgan fingerprint density at radius 3 is 2.60 bits per heavy atom. The molecule has 0 saturated heterocycles. The predicted octanol–water partition coefficient (Wildman–Crippen LogP) is 1.98. The van der Waals surface area contributed by atoms with E-state index in [0.717, 1.165) is 12.3 Å². The van der Waals surface area contributed by atoms with E-state index in [4.69, 9.17) is 0 Å². The molecule has 1 radical (unpaired) electrons. The Kier molecular flexibility index (Phi) is 1.57. The lowest BCUT2D eigenvalue weighted by Gasteiger charge is -2.04. The largest absolute Gasteiger partial charge is 0.573 e. The summed E-state index contributed by atoms with van der Waals surface area (Å²) in [5.41, 5.74) is 0. The lowest BCUT2D eigenvalue weighted by Crippen LogP contribution is -2.16. The molecule has 1 rings (SSSR count). The molecule has 5 heteroatoms. The third-order valence-corrected chi connectivity index (χ3v) is 0.678. The fourth-order valence-corrected chi connectivity index (χ4v) is 0.405. The van der Waals surface area contributed by atoms with Crippen LogP contribution in [0, 0.1) is 6.26 Å². The highest BCUT2D eigenvalue weighted by atomic mass is 19.4. The van der Waals surface area contributed by atoms with Crippen molar-refractivity contribution < 1.29 is 22.3 Å². The Bertz CT molecular complexity index is 189. The number of halogens is 3. The van der Waals surface area contributed by atoms with Crippen LogP contribution in [0.15, 0.2) is 16.7 Å². The van der Waals surface area contributed by atoms with E-state index in [1.165, 1.54) is 0 Å². The van der Waals surface area contributed by atoms with Crippen LogP contribution in [0.2, 0.25) is 0 Å². The van der Waals surface area contributed by atoms with Crippen molar-refractivity contribution in [2.45, 2.75) is 6.36 Å². The van der Waals surface area contributed by atoms with Crippen molar-refractivity contribution in [1.82, 2.24) is 0 Å². The van der Waals surface area contributed by atoms with Gasteiger partial charge in [-0.3, -0.25) is 0 Å². The molecule has 55 valence electrons. The summed E-state index contributed by atoms with van der Waals surface area (Å²) in [6.07, 6.45) is -1.79. The topological polar surface area (TPSA) is 22.4 Å². The van der Waals surface area contributed by atoms with E-state index in [-0.39, 0.29) is 0 Å². The summed E-state index contributed by atoms with van der Waals surface area (Å²) >= 11 is 0. The molecule has 10 heavy (non-hydrogen) atoms. The number of hydrogen-bond acceptors (Lipinski definition) is 2. The van der Waals surface area contributed by atoms with Crippen molar-refractivity contribution in [2.75, 3.05) is 0 Å². The van der Waals surface area contributed by atoms with Gasteiger partial charge in [0.25, 0.3) is 0 Å². The maximum Gasteiger partial charge on any atom is 0.573 e. The van der Waals surface area contributed by atoms with E-state index in [1.54, 1.807) is 0 Å². The van der Waals surface area contributed by atoms with Gasteiger partial charge in [0.05, 0.1) is 0 Å². The van der Waals surface area contributed by atoms with Crippen molar-refractivity contribution in [3.05, 3.63) is 18.6 Å². The van der Waals surface area contributed by atoms with Crippen molar-refractivity contribution in [2.24, 2.45) is 0 Å². The molecule has 0 atom stereocenters. The van der Waals surface area contributed by atoms with Crippen LogP contribution in [0.5, 0.6) is 5.75 Å². The first kappa shape index (κ1) is 6.98. The van der Waals surface area contributed by atoms with Crippen LogP contribution in [0.25, 0.3) is 0 Å². The summed E-state index contributed by atoms with van der Waals surface area (Å²) in [4.78, 5) is 0. The molecule has 0 aromatic carbocycles. The van der Waals surface area contributed by atoms with Crippen molar-refractivity contribution in [3.63, 3.8) is 0 Å². The third kappa shape index (κ3) is 2.00. The molecule has 0 amide bonds. The highest BCUT2D eigenvalue weighted by Gasteiger charge is 2.31. The van der Waals surface area contributed by atoms with Gasteiger partial charge in [0.2, 0.25) is 0 Å². The van der Waals surface area contributed by atoms with Crippen molar-refractivity contribution >= 4 is 0 Å². The van der Waals surface area contributed by atoms with Crippen LogP contribution in [0.4, 0.5) is 13.2 Å². The van der Waals surface area contributed by atoms with E-state index in [0.29, 0.717) is 0 Å². The van der Waals surface area contributed by atoms with Crippen molar-refractivity contribution in [1.29, 1.82) is 0 Å². The Morgan fingerprint density at radius 1 is 1.50 bits per heavy atom. The molecule has 1 aromatic rings. The first-order chi connectivity index (χ1) is 4.58. The summed E-state index contributed by atoms with van der Waals surface area (Å²) in [5.74, 6) is -0.396. The molecular formula is C5H2F3O2. The van der Waals surface area contributed by atoms with Gasteiger partial charge in [-0.2, -0.15) is 0 Å². The van der Waals surface area contributed by atoms with Crippen LogP contribution in [-0.2, 0) is 0 Å². The molecule has 2 nitrogen and oxygen atoms in total. The highest BCUT2D eigenvalue weighted by molar-refractivity contribution is 5.12. The summed E-state index contributed by atoms with van der Waals surface area (Å²) in [7, 11) is 0. The lowest BCUT2D eigenvalue weighted by molar-refractivity contribution is -0.274. The summed E-state index contributed by atoms with van der Waals surface area (Å²) < 4.78 is 41.7. The Morgan fingerprint density at radius 2 is 2.20 bits per heavy atom. The minimum atomic E-state index is -4.66. The number of hydrogen-bond donors (Lipinski definition) is 0. The minimum Gasteiger partial charge on any atom is -0.457 e. The van der Waals surface area contributed by atoms with Crippen LogP contribution in [0.3, 0.4) is 0 Å². The zero-order chi connectivity index (χ0) is 7.61. The van der Waals surface area contributed by atoms with Crippen LogP contribution >= 0.6 is 0 Å². The summed E-state index contributed by atoms with van der Waals surface area (Å²) in [6, 6.07) is 0.952. The van der Waals surface area contributed by atoms with E-state index in [1.807, 2.05) is 0 Å². The van der Waals surface area contributed by atoms with Gasteiger partial charge in [-0.1, -0.05) is 0 Å². The molecule has 0 unspecified atom stereocenters. The second-order valence-corrected chi connectivity index (χ2v) is 1.45. The van der Waals surface area contributed by atoms with E-state index in [9.17, 15) is 13.2 Å². The van der Waals surface area contributed by atoms with E-state index >= 15 is 0 Å². The smallest absolute Gasteiger partial charge is 0.457 e. The fraction of sp³-hybridized carbons (Fsp3) is 0.200. The van der Waals surface area contributed by atoms with Gasteiger partial charge in [-0.05, 0) is 0 Å². The maximum atomic E-state index is 11.3. The zero-order valence-corrected chi connectivity index (χ0v) is 4.61. The fourth-order valence-electron chi connectivity index (χ4n) is 0.405. The maximum absolute atomic E-state index is 11.3. The lowest BCUT2D eigenvalue weighted by atomic mass is 10.6. The number of rotatable bonds is 1. The molecule has 0 aliphatic heterocycles. The van der Waals surface area contributed by atoms with Gasteiger partial charge in [0.15, 0.2) is 12.0 Å². The van der Waals surface area contributed by atoms with Gasteiger partial charge >= 0.3 is 6.36 Å². The number of alkyl halides is 3. The second kappa shape index (κ2) is 2.24. The molecule has 0 saturated carbocycles. The quantitative estimate of drug-likeness (QED) is 0.612. The molecule has 1 heterocycles. The Balaban J connectivity index is 2.57. The second-order valence-electron chi connectivity index (χ2n) is 1.45. The van der Waals surface area contributed by atoms with Gasteiger partial charge in [0.1, 0.15) is 6.26 Å². The van der Waals surface area contributed by atoms with Gasteiger partial charge in [0, 0.05) is 6.07 Å². The van der Waals surface area contributed by atoms with Crippen LogP contribution < -0.4 is 4.74 Å².